The highest BCUT2D eigenvalue weighted by atomic mass is 16.6. The first-order chi connectivity index (χ1) is 11.6. The van der Waals surface area contributed by atoms with Crippen molar-refractivity contribution in [2.24, 2.45) is 5.10 Å². The van der Waals surface area contributed by atoms with E-state index in [1.165, 1.54) is 18.2 Å². The largest absolute Gasteiger partial charge is 0.506 e. The number of phenolic OH excluding ortho intramolecular Hbond substituents is 1. The third-order valence-corrected chi connectivity index (χ3v) is 3.30. The lowest BCUT2D eigenvalue weighted by Crippen LogP contribution is -2.17. The number of carbonyl (C=O) groups is 1. The molecule has 1 aromatic heterocycles. The number of benzene rings is 2. The maximum atomic E-state index is 12.1. The molecular weight excluding hydrogens is 314 g/mol. The molecule has 0 atom stereocenters. The van der Waals surface area contributed by atoms with Gasteiger partial charge in [0.25, 0.3) is 5.91 Å². The number of hydrogen-bond acceptors (Lipinski definition) is 6. The minimum absolute atomic E-state index is 0.0660. The SMILES string of the molecule is O=C(N/N=C\c1ccc([N+](=O)[O-])o1)c1ccc2ccccc2c1O. The lowest BCUT2D eigenvalue weighted by atomic mass is 10.1. The Bertz CT molecular complexity index is 961. The lowest BCUT2D eigenvalue weighted by Gasteiger charge is -2.06. The average Bonchev–Trinajstić information content (AvgIpc) is 3.04. The van der Waals surface area contributed by atoms with Gasteiger partial charge in [-0.25, -0.2) is 5.43 Å². The Balaban J connectivity index is 1.76. The smallest absolute Gasteiger partial charge is 0.433 e. The van der Waals surface area contributed by atoms with Gasteiger partial charge in [-0.3, -0.25) is 14.9 Å². The standard InChI is InChI=1S/C16H11N3O5/c20-15-12-4-2-1-3-10(12)5-7-13(15)16(21)18-17-9-11-6-8-14(24-11)19(22)23/h1-9,20H,(H,18,21)/b17-9-. The molecule has 2 N–H and O–H groups in total. The van der Waals surface area contributed by atoms with E-state index >= 15 is 0 Å². The lowest BCUT2D eigenvalue weighted by molar-refractivity contribution is -0.402. The van der Waals surface area contributed by atoms with Crippen LogP contribution < -0.4 is 5.43 Å². The molecule has 0 saturated carbocycles. The van der Waals surface area contributed by atoms with Gasteiger partial charge < -0.3 is 9.52 Å². The number of carbonyl (C=O) groups excluding carboxylic acids is 1. The highest BCUT2D eigenvalue weighted by Crippen LogP contribution is 2.28. The van der Waals surface area contributed by atoms with Crippen LogP contribution >= 0.6 is 0 Å². The maximum Gasteiger partial charge on any atom is 0.433 e. The van der Waals surface area contributed by atoms with E-state index in [0.29, 0.717) is 5.39 Å². The van der Waals surface area contributed by atoms with Crippen molar-refractivity contribution in [1.29, 1.82) is 0 Å². The average molecular weight is 325 g/mol. The van der Waals surface area contributed by atoms with Crippen molar-refractivity contribution in [2.75, 3.05) is 0 Å². The molecule has 1 heterocycles. The number of rotatable bonds is 4. The molecule has 3 aromatic rings. The highest BCUT2D eigenvalue weighted by molar-refractivity contribution is 6.03. The van der Waals surface area contributed by atoms with Crippen LogP contribution in [0.4, 0.5) is 5.88 Å². The molecule has 0 radical (unpaired) electrons. The van der Waals surface area contributed by atoms with Crippen LogP contribution in [-0.2, 0) is 0 Å². The maximum absolute atomic E-state index is 12.1. The van der Waals surface area contributed by atoms with Gasteiger partial charge in [-0.2, -0.15) is 5.10 Å². The molecule has 0 spiro atoms. The third-order valence-electron chi connectivity index (χ3n) is 3.30. The molecule has 8 heteroatoms. The zero-order valence-electron chi connectivity index (χ0n) is 12.2. The van der Waals surface area contributed by atoms with Crippen LogP contribution in [0.3, 0.4) is 0 Å². The predicted molar refractivity (Wildman–Crippen MR) is 86.0 cm³/mol. The van der Waals surface area contributed by atoms with Gasteiger partial charge in [0.2, 0.25) is 0 Å². The summed E-state index contributed by atoms with van der Waals surface area (Å²) in [4.78, 5) is 21.9. The van der Waals surface area contributed by atoms with E-state index in [1.54, 1.807) is 18.2 Å². The molecular formula is C16H11N3O5. The van der Waals surface area contributed by atoms with E-state index in [1.807, 2.05) is 12.1 Å². The minimum atomic E-state index is -0.678. The first-order valence-corrected chi connectivity index (χ1v) is 6.84. The second-order valence-electron chi connectivity index (χ2n) is 4.82. The number of amides is 1. The van der Waals surface area contributed by atoms with Gasteiger partial charge in [-0.15, -0.1) is 0 Å². The first kappa shape index (κ1) is 15.2. The monoisotopic (exact) mass is 325 g/mol. The van der Waals surface area contributed by atoms with Crippen LogP contribution in [0.15, 0.2) is 58.0 Å². The summed E-state index contributed by atoms with van der Waals surface area (Å²) in [6.45, 7) is 0. The predicted octanol–water partition coefficient (Wildman–Crippen LogP) is 2.81. The summed E-state index contributed by atoms with van der Waals surface area (Å²) in [7, 11) is 0. The van der Waals surface area contributed by atoms with Crippen LogP contribution in [0.1, 0.15) is 16.1 Å². The van der Waals surface area contributed by atoms with Crippen LogP contribution in [0.25, 0.3) is 10.8 Å². The van der Waals surface area contributed by atoms with E-state index in [2.05, 4.69) is 10.5 Å². The summed E-state index contributed by atoms with van der Waals surface area (Å²) in [5, 5.41) is 25.7. The number of aromatic hydroxyl groups is 1. The zero-order chi connectivity index (χ0) is 17.1. The number of phenols is 1. The number of nitrogens with zero attached hydrogens (tertiary/aromatic N) is 2. The molecule has 2 aromatic carbocycles. The van der Waals surface area contributed by atoms with E-state index < -0.39 is 16.7 Å². The Labute approximate surface area is 135 Å². The number of hydrazone groups is 1. The molecule has 0 aliphatic rings. The Kier molecular flexibility index (Phi) is 3.94. The molecule has 1 amide bonds. The molecule has 0 bridgehead atoms. The molecule has 3 rings (SSSR count). The van der Waals surface area contributed by atoms with Gasteiger partial charge in [-0.1, -0.05) is 30.3 Å². The van der Waals surface area contributed by atoms with Gasteiger partial charge in [-0.05, 0) is 17.5 Å². The van der Waals surface area contributed by atoms with Crippen molar-refractivity contribution in [3.05, 3.63) is 70.0 Å². The quantitative estimate of drug-likeness (QED) is 0.434. The van der Waals surface area contributed by atoms with Crippen LogP contribution in [0.5, 0.6) is 5.75 Å². The van der Waals surface area contributed by atoms with Crippen LogP contribution in [0, 0.1) is 10.1 Å². The van der Waals surface area contributed by atoms with Crippen LogP contribution in [-0.4, -0.2) is 22.2 Å². The number of nitro groups is 1. The summed E-state index contributed by atoms with van der Waals surface area (Å²) in [6.07, 6.45) is 1.13. The summed E-state index contributed by atoms with van der Waals surface area (Å²) in [5.41, 5.74) is 2.30. The van der Waals surface area contributed by atoms with E-state index in [0.717, 1.165) is 11.6 Å². The van der Waals surface area contributed by atoms with Crippen molar-refractivity contribution >= 4 is 28.8 Å². The normalized spacial score (nSPS) is 11.0. The van der Waals surface area contributed by atoms with Crippen molar-refractivity contribution < 1.29 is 19.2 Å². The number of hydrogen-bond donors (Lipinski definition) is 2. The van der Waals surface area contributed by atoms with Crippen molar-refractivity contribution in [2.45, 2.75) is 0 Å². The summed E-state index contributed by atoms with van der Waals surface area (Å²) < 4.78 is 4.86. The number of fused-ring (bicyclic) bond motifs is 1. The van der Waals surface area contributed by atoms with E-state index in [9.17, 15) is 20.0 Å². The fraction of sp³-hybridized carbons (Fsp3) is 0. The Morgan fingerprint density at radius 3 is 2.75 bits per heavy atom. The fourth-order valence-electron chi connectivity index (χ4n) is 2.16. The zero-order valence-corrected chi connectivity index (χ0v) is 12.2. The van der Waals surface area contributed by atoms with Crippen molar-refractivity contribution in [3.63, 3.8) is 0 Å². The van der Waals surface area contributed by atoms with Gasteiger partial charge in [0.1, 0.15) is 10.7 Å². The van der Waals surface area contributed by atoms with E-state index in [-0.39, 0.29) is 17.1 Å². The number of furan rings is 1. The van der Waals surface area contributed by atoms with Gasteiger partial charge in [0.15, 0.2) is 5.76 Å². The second kappa shape index (κ2) is 6.21. The summed E-state index contributed by atoms with van der Waals surface area (Å²) >= 11 is 0. The minimum Gasteiger partial charge on any atom is -0.506 e. The van der Waals surface area contributed by atoms with Crippen molar-refractivity contribution in [3.8, 4) is 5.75 Å². The Hall–Kier alpha value is -3.68. The number of nitrogens with one attached hydrogen (secondary N) is 1. The van der Waals surface area contributed by atoms with Crippen molar-refractivity contribution in [1.82, 2.24) is 5.43 Å². The fourth-order valence-corrected chi connectivity index (χ4v) is 2.16. The summed E-state index contributed by atoms with van der Waals surface area (Å²) in [6, 6.07) is 12.8. The van der Waals surface area contributed by atoms with Gasteiger partial charge in [0.05, 0.1) is 17.8 Å². The first-order valence-electron chi connectivity index (χ1n) is 6.84. The highest BCUT2D eigenvalue weighted by Gasteiger charge is 2.13. The van der Waals surface area contributed by atoms with Gasteiger partial charge >= 0.3 is 5.88 Å². The molecule has 0 saturated heterocycles. The molecule has 0 unspecified atom stereocenters. The van der Waals surface area contributed by atoms with Gasteiger partial charge in [0, 0.05) is 5.39 Å². The topological polar surface area (TPSA) is 118 Å². The second-order valence-corrected chi connectivity index (χ2v) is 4.82. The Morgan fingerprint density at radius 2 is 2.00 bits per heavy atom. The van der Waals surface area contributed by atoms with Crippen LogP contribution in [0.2, 0.25) is 0 Å². The molecule has 8 nitrogen and oxygen atoms in total. The Morgan fingerprint density at radius 1 is 1.21 bits per heavy atom. The molecule has 0 aliphatic heterocycles. The molecule has 0 aliphatic carbocycles. The third kappa shape index (κ3) is 2.93. The summed E-state index contributed by atoms with van der Waals surface area (Å²) in [5.74, 6) is -1.07. The van der Waals surface area contributed by atoms with E-state index in [4.69, 9.17) is 4.42 Å². The molecule has 120 valence electrons. The molecule has 24 heavy (non-hydrogen) atoms. The molecule has 0 fully saturated rings.